The average molecular weight is 416 g/mol. The maximum Gasteiger partial charge on any atom is 0.410 e. The third-order valence-corrected chi connectivity index (χ3v) is 5.49. The Bertz CT molecular complexity index is 633. The number of amides is 1. The van der Waals surface area contributed by atoms with E-state index < -0.39 is 0 Å². The lowest BCUT2D eigenvalue weighted by Gasteiger charge is -2.25. The van der Waals surface area contributed by atoms with Crippen LogP contribution in [0.15, 0.2) is 42.2 Å². The first-order valence-corrected chi connectivity index (χ1v) is 11.7. The van der Waals surface area contributed by atoms with Gasteiger partial charge in [-0.1, -0.05) is 89.6 Å². The zero-order valence-corrected chi connectivity index (χ0v) is 19.3. The van der Waals surface area contributed by atoms with Crippen molar-refractivity contribution in [1.82, 2.24) is 4.90 Å². The Balaban J connectivity index is 1.47. The van der Waals surface area contributed by atoms with Crippen LogP contribution in [-0.4, -0.2) is 30.7 Å². The van der Waals surface area contributed by atoms with Crippen molar-refractivity contribution in [1.29, 1.82) is 0 Å². The summed E-state index contributed by atoms with van der Waals surface area (Å²) in [5.74, 6) is 1.02. The van der Waals surface area contributed by atoms with Crippen LogP contribution in [0, 0.1) is 5.41 Å². The van der Waals surface area contributed by atoms with Gasteiger partial charge in [0.2, 0.25) is 0 Å². The van der Waals surface area contributed by atoms with E-state index in [4.69, 9.17) is 9.47 Å². The maximum absolute atomic E-state index is 12.2. The quantitative estimate of drug-likeness (QED) is 0.342. The Kier molecular flexibility index (Phi) is 10.8. The molecule has 0 unspecified atom stereocenters. The monoisotopic (exact) mass is 415 g/mol. The molecule has 1 amide bonds. The lowest BCUT2D eigenvalue weighted by atomic mass is 9.89. The molecular formula is C26H41NO3. The predicted molar refractivity (Wildman–Crippen MR) is 123 cm³/mol. The first kappa shape index (κ1) is 24.3. The van der Waals surface area contributed by atoms with Crippen molar-refractivity contribution in [3.63, 3.8) is 0 Å². The van der Waals surface area contributed by atoms with Crippen LogP contribution in [0.3, 0.4) is 0 Å². The van der Waals surface area contributed by atoms with Gasteiger partial charge in [0.25, 0.3) is 0 Å². The number of hydrogen-bond donors (Lipinski definition) is 0. The number of unbranched alkanes of at least 4 members (excludes halogenated alkanes) is 6. The second-order valence-electron chi connectivity index (χ2n) is 9.54. The van der Waals surface area contributed by atoms with E-state index in [1.165, 1.54) is 44.9 Å². The summed E-state index contributed by atoms with van der Waals surface area (Å²) in [7, 11) is 0. The van der Waals surface area contributed by atoms with Crippen LogP contribution < -0.4 is 0 Å². The van der Waals surface area contributed by atoms with Gasteiger partial charge in [-0.15, -0.1) is 0 Å². The molecule has 0 saturated carbocycles. The molecule has 0 radical (unpaired) electrons. The summed E-state index contributed by atoms with van der Waals surface area (Å²) in [6.07, 6.45) is 12.9. The summed E-state index contributed by atoms with van der Waals surface area (Å²) in [6, 6.07) is 9.78. The van der Waals surface area contributed by atoms with Crippen LogP contribution in [0.4, 0.5) is 4.79 Å². The number of nitrogens with zero attached hydrogens (tertiary/aromatic N) is 1. The predicted octanol–water partition coefficient (Wildman–Crippen LogP) is 7.10. The molecule has 0 bridgehead atoms. The van der Waals surface area contributed by atoms with Crippen molar-refractivity contribution in [2.75, 3.05) is 19.7 Å². The van der Waals surface area contributed by atoms with Gasteiger partial charge in [-0.2, -0.15) is 0 Å². The Morgan fingerprint density at radius 1 is 0.967 bits per heavy atom. The fraction of sp³-hybridized carbons (Fsp3) is 0.654. The second-order valence-corrected chi connectivity index (χ2v) is 9.54. The minimum absolute atomic E-state index is 0.253. The highest BCUT2D eigenvalue weighted by Gasteiger charge is 2.19. The molecule has 4 nitrogen and oxygen atoms in total. The first-order chi connectivity index (χ1) is 14.4. The number of benzene rings is 1. The van der Waals surface area contributed by atoms with Crippen molar-refractivity contribution in [2.24, 2.45) is 5.41 Å². The van der Waals surface area contributed by atoms with Gasteiger partial charge in [0.15, 0.2) is 0 Å². The average Bonchev–Trinajstić information content (AvgIpc) is 2.74. The highest BCUT2D eigenvalue weighted by Crippen LogP contribution is 2.22. The van der Waals surface area contributed by atoms with Gasteiger partial charge in [-0.25, -0.2) is 4.79 Å². The highest BCUT2D eigenvalue weighted by molar-refractivity contribution is 5.68. The lowest BCUT2D eigenvalue weighted by molar-refractivity contribution is 0.0932. The van der Waals surface area contributed by atoms with Crippen LogP contribution in [0.1, 0.15) is 84.1 Å². The molecule has 1 aliphatic heterocycles. The number of ether oxygens (including phenoxy) is 2. The van der Waals surface area contributed by atoms with Gasteiger partial charge >= 0.3 is 6.09 Å². The van der Waals surface area contributed by atoms with Crippen molar-refractivity contribution >= 4 is 6.09 Å². The van der Waals surface area contributed by atoms with Crippen LogP contribution in [0.2, 0.25) is 0 Å². The van der Waals surface area contributed by atoms with Crippen molar-refractivity contribution in [2.45, 2.75) is 85.2 Å². The van der Waals surface area contributed by atoms with Gasteiger partial charge < -0.3 is 14.4 Å². The fourth-order valence-electron chi connectivity index (χ4n) is 3.60. The van der Waals surface area contributed by atoms with Crippen LogP contribution in [-0.2, 0) is 16.1 Å². The molecule has 0 spiro atoms. The molecule has 0 saturated heterocycles. The third kappa shape index (κ3) is 10.7. The first-order valence-electron chi connectivity index (χ1n) is 11.7. The Labute approximate surface area is 183 Å². The number of carbonyl (C=O) groups excluding carboxylic acids is 1. The molecule has 4 heteroatoms. The van der Waals surface area contributed by atoms with E-state index in [0.717, 1.165) is 30.8 Å². The zero-order chi connectivity index (χ0) is 21.7. The van der Waals surface area contributed by atoms with E-state index in [1.807, 2.05) is 36.4 Å². The molecular weight excluding hydrogens is 374 g/mol. The maximum atomic E-state index is 12.2. The van der Waals surface area contributed by atoms with E-state index >= 15 is 0 Å². The summed E-state index contributed by atoms with van der Waals surface area (Å²) in [6.45, 7) is 9.30. The summed E-state index contributed by atoms with van der Waals surface area (Å²) < 4.78 is 11.3. The zero-order valence-electron chi connectivity index (χ0n) is 19.3. The molecule has 0 N–H and O–H groups in total. The molecule has 1 heterocycles. The molecule has 0 fully saturated rings. The van der Waals surface area contributed by atoms with Crippen molar-refractivity contribution < 1.29 is 14.3 Å². The normalized spacial score (nSPS) is 14.4. The summed E-state index contributed by atoms with van der Waals surface area (Å²) in [5, 5.41) is 0. The fourth-order valence-corrected chi connectivity index (χ4v) is 3.60. The van der Waals surface area contributed by atoms with E-state index in [-0.39, 0.29) is 6.09 Å². The van der Waals surface area contributed by atoms with Crippen LogP contribution in [0.25, 0.3) is 0 Å². The van der Waals surface area contributed by atoms with Crippen LogP contribution in [0.5, 0.6) is 0 Å². The van der Waals surface area contributed by atoms with Gasteiger partial charge in [0.1, 0.15) is 6.61 Å². The topological polar surface area (TPSA) is 38.8 Å². The second kappa shape index (κ2) is 13.4. The summed E-state index contributed by atoms with van der Waals surface area (Å²) >= 11 is 0. The van der Waals surface area contributed by atoms with E-state index in [2.05, 4.69) is 20.8 Å². The SMILES string of the molecule is CC(C)(C)CCCCCCCCCOC1=CCN(C(=O)OCc2ccccc2)CC1. The molecule has 30 heavy (non-hydrogen) atoms. The molecule has 0 aliphatic carbocycles. The number of carbonyl (C=O) groups is 1. The van der Waals surface area contributed by atoms with Crippen molar-refractivity contribution in [3.05, 3.63) is 47.7 Å². The Hall–Kier alpha value is -1.97. The van der Waals surface area contributed by atoms with Crippen molar-refractivity contribution in [3.8, 4) is 0 Å². The Morgan fingerprint density at radius 3 is 2.27 bits per heavy atom. The minimum Gasteiger partial charge on any atom is -0.498 e. The molecule has 1 aromatic carbocycles. The largest absolute Gasteiger partial charge is 0.498 e. The van der Waals surface area contributed by atoms with Gasteiger partial charge in [-0.3, -0.25) is 0 Å². The number of rotatable bonds is 12. The Morgan fingerprint density at radius 2 is 1.63 bits per heavy atom. The van der Waals surface area contributed by atoms with E-state index in [1.54, 1.807) is 4.90 Å². The lowest BCUT2D eigenvalue weighted by Crippen LogP contribution is -2.35. The third-order valence-electron chi connectivity index (χ3n) is 5.49. The molecule has 0 aromatic heterocycles. The standard InChI is InChI=1S/C26H41NO3/c1-26(2,3)18-12-7-5-4-6-8-13-21-29-24-16-19-27(20-17-24)25(28)30-22-23-14-10-9-11-15-23/h9-11,14-16H,4-8,12-13,17-22H2,1-3H3. The van der Waals surface area contributed by atoms with Crippen LogP contribution >= 0.6 is 0 Å². The number of hydrogen-bond acceptors (Lipinski definition) is 3. The minimum atomic E-state index is -0.253. The van der Waals surface area contributed by atoms with Gasteiger partial charge in [0.05, 0.1) is 12.4 Å². The molecule has 0 atom stereocenters. The van der Waals surface area contributed by atoms with Gasteiger partial charge in [0, 0.05) is 19.5 Å². The van der Waals surface area contributed by atoms with E-state index in [9.17, 15) is 4.79 Å². The summed E-state index contributed by atoms with van der Waals surface area (Å²) in [5.41, 5.74) is 1.48. The molecule has 1 aliphatic rings. The highest BCUT2D eigenvalue weighted by atomic mass is 16.6. The van der Waals surface area contributed by atoms with Gasteiger partial charge in [-0.05, 0) is 29.9 Å². The van der Waals surface area contributed by atoms with E-state index in [0.29, 0.717) is 25.1 Å². The molecule has 168 valence electrons. The molecule has 1 aromatic rings. The summed E-state index contributed by atoms with van der Waals surface area (Å²) in [4.78, 5) is 13.9. The smallest absolute Gasteiger partial charge is 0.410 e. The molecule has 2 rings (SSSR count).